The van der Waals surface area contributed by atoms with Crippen LogP contribution in [0, 0.1) is 0 Å². The Labute approximate surface area is 164 Å². The molecule has 0 aliphatic carbocycles. The van der Waals surface area contributed by atoms with Crippen molar-refractivity contribution in [1.82, 2.24) is 4.90 Å². The third-order valence-corrected chi connectivity index (χ3v) is 5.17. The van der Waals surface area contributed by atoms with Crippen molar-refractivity contribution in [1.29, 1.82) is 0 Å². The summed E-state index contributed by atoms with van der Waals surface area (Å²) in [5.41, 5.74) is 1.14. The van der Waals surface area contributed by atoms with Gasteiger partial charge in [-0.05, 0) is 72.3 Å². The van der Waals surface area contributed by atoms with Gasteiger partial charge in [-0.1, -0.05) is 24.3 Å². The number of carbonyl (C=O) groups is 1. The summed E-state index contributed by atoms with van der Waals surface area (Å²) in [6.45, 7) is 14.5. The molecule has 0 aromatic heterocycles. The Hall–Kier alpha value is -1.53. The van der Waals surface area contributed by atoms with E-state index in [1.807, 2.05) is 20.8 Å². The number of carbonyl (C=O) groups excluding carboxylic acids is 1. The average Bonchev–Trinajstić information content (AvgIpc) is 2.74. The molecule has 27 heavy (non-hydrogen) atoms. The molecule has 1 aliphatic rings. The summed E-state index contributed by atoms with van der Waals surface area (Å²) in [6.07, 6.45) is 1.50. The van der Waals surface area contributed by atoms with Gasteiger partial charge in [0, 0.05) is 13.6 Å². The van der Waals surface area contributed by atoms with Gasteiger partial charge in [0.15, 0.2) is 0 Å². The van der Waals surface area contributed by atoms with E-state index in [1.54, 1.807) is 11.9 Å². The van der Waals surface area contributed by atoms with Gasteiger partial charge in [0.1, 0.15) is 5.60 Å². The highest BCUT2D eigenvalue weighted by atomic mass is 16.7. The molecule has 2 rings (SSSR count). The molecule has 1 aromatic rings. The maximum absolute atomic E-state index is 12.0. The first-order chi connectivity index (χ1) is 12.3. The quantitative estimate of drug-likeness (QED) is 0.735. The number of ether oxygens (including phenoxy) is 1. The molecule has 1 saturated heterocycles. The van der Waals surface area contributed by atoms with Gasteiger partial charge in [-0.15, -0.1) is 0 Å². The lowest BCUT2D eigenvalue weighted by Gasteiger charge is -2.32. The zero-order chi connectivity index (χ0) is 20.5. The summed E-state index contributed by atoms with van der Waals surface area (Å²) in [5.74, 6) is 0. The van der Waals surface area contributed by atoms with Crippen molar-refractivity contribution in [2.75, 3.05) is 13.6 Å². The van der Waals surface area contributed by atoms with E-state index in [0.717, 1.165) is 18.3 Å². The zero-order valence-corrected chi connectivity index (χ0v) is 18.1. The molecule has 1 fully saturated rings. The maximum atomic E-state index is 12.0. The van der Waals surface area contributed by atoms with Crippen LogP contribution in [0.3, 0.4) is 0 Å². The lowest BCUT2D eigenvalue weighted by atomic mass is 9.78. The fourth-order valence-corrected chi connectivity index (χ4v) is 2.77. The van der Waals surface area contributed by atoms with Crippen molar-refractivity contribution in [3.05, 3.63) is 29.8 Å². The van der Waals surface area contributed by atoms with Crippen molar-refractivity contribution >= 4 is 18.7 Å². The minimum Gasteiger partial charge on any atom is -0.444 e. The lowest BCUT2D eigenvalue weighted by molar-refractivity contribution is 0.00578. The van der Waals surface area contributed by atoms with E-state index in [9.17, 15) is 4.79 Å². The van der Waals surface area contributed by atoms with Gasteiger partial charge in [0.05, 0.1) is 11.2 Å². The fraction of sp³-hybridized carbons (Fsp3) is 0.667. The molecule has 1 aromatic carbocycles. The van der Waals surface area contributed by atoms with E-state index in [1.165, 1.54) is 5.56 Å². The molecule has 6 heteroatoms. The van der Waals surface area contributed by atoms with Crippen molar-refractivity contribution < 1.29 is 18.8 Å². The van der Waals surface area contributed by atoms with Gasteiger partial charge >= 0.3 is 13.2 Å². The molecule has 5 nitrogen and oxygen atoms in total. The van der Waals surface area contributed by atoms with Crippen LogP contribution in [0.25, 0.3) is 0 Å². The molecule has 0 N–H and O–H groups in total. The first kappa shape index (κ1) is 21.8. The number of aryl methyl sites for hydroxylation is 1. The number of hydrogen-bond acceptors (Lipinski definition) is 4. The Balaban J connectivity index is 1.84. The summed E-state index contributed by atoms with van der Waals surface area (Å²) >= 11 is 0. The smallest absolute Gasteiger partial charge is 0.444 e. The first-order valence-electron chi connectivity index (χ1n) is 9.69. The van der Waals surface area contributed by atoms with Crippen LogP contribution in [-0.4, -0.2) is 48.5 Å². The van der Waals surface area contributed by atoms with Crippen LogP contribution in [0.4, 0.5) is 4.79 Å². The second-order valence-corrected chi connectivity index (χ2v) is 9.34. The van der Waals surface area contributed by atoms with Gasteiger partial charge in [0.25, 0.3) is 0 Å². The standard InChI is InChI=1S/C21H34BNO4/c1-19(2,3)25-18(24)23(8)15-9-10-16-11-13-17(14-12-16)22-26-20(4,5)21(6,7)27-22/h11-14H,9-10,15H2,1-8H3. The Morgan fingerprint density at radius 1 is 1.07 bits per heavy atom. The Bertz CT molecular complexity index is 633. The highest BCUT2D eigenvalue weighted by molar-refractivity contribution is 6.62. The van der Waals surface area contributed by atoms with Gasteiger partial charge in [-0.3, -0.25) is 0 Å². The summed E-state index contributed by atoms with van der Waals surface area (Å²) in [4.78, 5) is 13.6. The third kappa shape index (κ3) is 5.72. The summed E-state index contributed by atoms with van der Waals surface area (Å²) in [5, 5.41) is 0. The molecule has 1 amide bonds. The van der Waals surface area contributed by atoms with Crippen molar-refractivity contribution in [3.8, 4) is 0 Å². The fourth-order valence-electron chi connectivity index (χ4n) is 2.77. The van der Waals surface area contributed by atoms with Crippen LogP contribution in [-0.2, 0) is 20.5 Å². The molecule has 0 spiro atoms. The minimum atomic E-state index is -0.464. The van der Waals surface area contributed by atoms with Crippen molar-refractivity contribution in [2.24, 2.45) is 0 Å². The van der Waals surface area contributed by atoms with E-state index in [4.69, 9.17) is 14.0 Å². The van der Waals surface area contributed by atoms with Crippen LogP contribution < -0.4 is 5.46 Å². The van der Waals surface area contributed by atoms with Crippen molar-refractivity contribution in [3.63, 3.8) is 0 Å². The molecular weight excluding hydrogens is 341 g/mol. The molecule has 0 radical (unpaired) electrons. The van der Waals surface area contributed by atoms with Crippen molar-refractivity contribution in [2.45, 2.75) is 78.1 Å². The number of benzene rings is 1. The minimum absolute atomic E-state index is 0.279. The normalized spacial score (nSPS) is 18.4. The Morgan fingerprint density at radius 2 is 1.59 bits per heavy atom. The van der Waals surface area contributed by atoms with Gasteiger partial charge < -0.3 is 18.9 Å². The van der Waals surface area contributed by atoms with Gasteiger partial charge in [-0.2, -0.15) is 0 Å². The number of rotatable bonds is 5. The topological polar surface area (TPSA) is 48.0 Å². The molecule has 0 atom stereocenters. The second-order valence-electron chi connectivity index (χ2n) is 9.34. The predicted octanol–water partition coefficient (Wildman–Crippen LogP) is 3.79. The average molecular weight is 375 g/mol. The van der Waals surface area contributed by atoms with Crippen LogP contribution in [0.5, 0.6) is 0 Å². The van der Waals surface area contributed by atoms with Crippen LogP contribution in [0.15, 0.2) is 24.3 Å². The first-order valence-corrected chi connectivity index (χ1v) is 9.69. The highest BCUT2D eigenvalue weighted by Gasteiger charge is 2.51. The maximum Gasteiger partial charge on any atom is 0.494 e. The van der Waals surface area contributed by atoms with Crippen LogP contribution >= 0.6 is 0 Å². The van der Waals surface area contributed by atoms with E-state index in [-0.39, 0.29) is 24.4 Å². The number of hydrogen-bond donors (Lipinski definition) is 0. The molecule has 0 saturated carbocycles. The third-order valence-electron chi connectivity index (χ3n) is 5.17. The monoisotopic (exact) mass is 375 g/mol. The van der Waals surface area contributed by atoms with E-state index in [0.29, 0.717) is 6.54 Å². The van der Waals surface area contributed by atoms with E-state index in [2.05, 4.69) is 52.0 Å². The number of nitrogens with zero attached hydrogens (tertiary/aromatic N) is 1. The molecule has 0 unspecified atom stereocenters. The summed E-state index contributed by atoms with van der Waals surface area (Å²) in [6, 6.07) is 8.34. The van der Waals surface area contributed by atoms with Gasteiger partial charge in [0.2, 0.25) is 0 Å². The lowest BCUT2D eigenvalue weighted by Crippen LogP contribution is -2.41. The Morgan fingerprint density at radius 3 is 2.07 bits per heavy atom. The molecular formula is C21H34BNO4. The van der Waals surface area contributed by atoms with Crippen LogP contribution in [0.2, 0.25) is 0 Å². The second kappa shape index (κ2) is 7.84. The Kier molecular flexibility index (Phi) is 6.32. The molecule has 1 aliphatic heterocycles. The molecule has 1 heterocycles. The molecule has 150 valence electrons. The van der Waals surface area contributed by atoms with Gasteiger partial charge in [-0.25, -0.2) is 4.79 Å². The summed E-state index contributed by atoms with van der Waals surface area (Å²) in [7, 11) is 1.44. The highest BCUT2D eigenvalue weighted by Crippen LogP contribution is 2.36. The predicted molar refractivity (Wildman–Crippen MR) is 109 cm³/mol. The van der Waals surface area contributed by atoms with Crippen LogP contribution in [0.1, 0.15) is 60.5 Å². The largest absolute Gasteiger partial charge is 0.494 e. The van der Waals surface area contributed by atoms with E-state index >= 15 is 0 Å². The SMILES string of the molecule is CN(CCCc1ccc(B2OC(C)(C)C(C)(C)O2)cc1)C(=O)OC(C)(C)C. The summed E-state index contributed by atoms with van der Waals surface area (Å²) < 4.78 is 17.5. The number of amides is 1. The zero-order valence-electron chi connectivity index (χ0n) is 18.1. The molecule has 0 bridgehead atoms. The van der Waals surface area contributed by atoms with E-state index < -0.39 is 5.60 Å².